The monoisotopic (exact) mass is 367 g/mol. The van der Waals surface area contributed by atoms with Crippen molar-refractivity contribution >= 4 is 17.9 Å². The molecule has 0 atom stereocenters. The Bertz CT molecular complexity index is 862. The van der Waals surface area contributed by atoms with E-state index in [1.807, 2.05) is 30.3 Å². The Morgan fingerprint density at radius 1 is 0.963 bits per heavy atom. The number of rotatable bonds is 7. The van der Waals surface area contributed by atoms with Gasteiger partial charge in [0.1, 0.15) is 0 Å². The van der Waals surface area contributed by atoms with Gasteiger partial charge in [-0.05, 0) is 35.8 Å². The zero-order valence-electron chi connectivity index (χ0n) is 15.5. The predicted octanol–water partition coefficient (Wildman–Crippen LogP) is 3.64. The number of nitrogens with zero attached hydrogens (tertiary/aromatic N) is 1. The molecular weight excluding hydrogens is 346 g/mol. The van der Waals surface area contributed by atoms with Crippen LogP contribution in [0.3, 0.4) is 0 Å². The summed E-state index contributed by atoms with van der Waals surface area (Å²) in [6.45, 7) is 0. The number of aliphatic imine (C=N–C) groups is 1. The standard InChI is InChI=1S/C21H21NO5/c1-24-17-12-15(13-18(25-2)20(17)26-3)11-16-21(23)27-19(22-16)10-9-14-7-5-4-6-8-14/h4-8,11-13H,9-10H2,1-3H3/b16-11+. The second kappa shape index (κ2) is 8.40. The van der Waals surface area contributed by atoms with Gasteiger partial charge in [0.25, 0.3) is 0 Å². The van der Waals surface area contributed by atoms with Crippen LogP contribution in [0.1, 0.15) is 17.5 Å². The highest BCUT2D eigenvalue weighted by atomic mass is 16.6. The van der Waals surface area contributed by atoms with Crippen molar-refractivity contribution in [3.05, 3.63) is 59.3 Å². The Morgan fingerprint density at radius 2 is 1.63 bits per heavy atom. The second-order valence-electron chi connectivity index (χ2n) is 5.87. The lowest BCUT2D eigenvalue weighted by Crippen LogP contribution is -2.05. The Kier molecular flexibility index (Phi) is 5.76. The molecule has 0 aromatic heterocycles. The SMILES string of the molecule is COc1cc(/C=C2/N=C(CCc3ccccc3)OC2=O)cc(OC)c1OC. The molecular formula is C21H21NO5. The van der Waals surface area contributed by atoms with E-state index in [1.165, 1.54) is 26.9 Å². The maximum atomic E-state index is 12.1. The van der Waals surface area contributed by atoms with Gasteiger partial charge in [0.05, 0.1) is 21.3 Å². The number of carbonyl (C=O) groups excluding carboxylic acids is 1. The molecule has 0 amide bonds. The van der Waals surface area contributed by atoms with E-state index in [2.05, 4.69) is 4.99 Å². The average molecular weight is 367 g/mol. The molecule has 6 nitrogen and oxygen atoms in total. The second-order valence-corrected chi connectivity index (χ2v) is 5.87. The number of esters is 1. The normalized spacial score (nSPS) is 14.7. The van der Waals surface area contributed by atoms with Crippen LogP contribution in [0.5, 0.6) is 17.2 Å². The number of hydrogen-bond acceptors (Lipinski definition) is 6. The van der Waals surface area contributed by atoms with Gasteiger partial charge in [-0.25, -0.2) is 9.79 Å². The number of methoxy groups -OCH3 is 3. The fourth-order valence-electron chi connectivity index (χ4n) is 2.80. The number of ether oxygens (including phenoxy) is 4. The quantitative estimate of drug-likeness (QED) is 0.552. The fourth-order valence-corrected chi connectivity index (χ4v) is 2.80. The molecule has 27 heavy (non-hydrogen) atoms. The molecule has 0 saturated carbocycles. The summed E-state index contributed by atoms with van der Waals surface area (Å²) in [5, 5.41) is 0. The largest absolute Gasteiger partial charge is 0.493 e. The van der Waals surface area contributed by atoms with E-state index in [4.69, 9.17) is 18.9 Å². The maximum Gasteiger partial charge on any atom is 0.363 e. The molecule has 2 aromatic rings. The highest BCUT2D eigenvalue weighted by molar-refractivity contribution is 6.07. The Morgan fingerprint density at radius 3 is 2.22 bits per heavy atom. The Hall–Kier alpha value is -3.28. The first-order chi connectivity index (χ1) is 13.1. The van der Waals surface area contributed by atoms with Crippen LogP contribution < -0.4 is 14.2 Å². The average Bonchev–Trinajstić information content (AvgIpc) is 3.05. The number of aryl methyl sites for hydroxylation is 1. The van der Waals surface area contributed by atoms with E-state index in [9.17, 15) is 4.79 Å². The number of benzene rings is 2. The van der Waals surface area contributed by atoms with Crippen LogP contribution >= 0.6 is 0 Å². The topological polar surface area (TPSA) is 66.4 Å². The summed E-state index contributed by atoms with van der Waals surface area (Å²) in [5.41, 5.74) is 2.11. The third kappa shape index (κ3) is 4.28. The lowest BCUT2D eigenvalue weighted by molar-refractivity contribution is -0.130. The molecule has 0 fully saturated rings. The number of cyclic esters (lactones) is 1. The van der Waals surface area contributed by atoms with Crippen LogP contribution in [-0.2, 0) is 16.0 Å². The zero-order valence-corrected chi connectivity index (χ0v) is 15.5. The first kappa shape index (κ1) is 18.5. The third-order valence-corrected chi connectivity index (χ3v) is 4.13. The van der Waals surface area contributed by atoms with E-state index in [-0.39, 0.29) is 5.70 Å². The first-order valence-corrected chi connectivity index (χ1v) is 8.50. The lowest BCUT2D eigenvalue weighted by atomic mass is 10.1. The summed E-state index contributed by atoms with van der Waals surface area (Å²) >= 11 is 0. The van der Waals surface area contributed by atoms with Crippen LogP contribution in [0.2, 0.25) is 0 Å². The third-order valence-electron chi connectivity index (χ3n) is 4.13. The van der Waals surface area contributed by atoms with E-state index < -0.39 is 5.97 Å². The molecule has 0 saturated heterocycles. The van der Waals surface area contributed by atoms with Crippen LogP contribution in [0.4, 0.5) is 0 Å². The van der Waals surface area contributed by atoms with Crippen molar-refractivity contribution in [2.75, 3.05) is 21.3 Å². The van der Waals surface area contributed by atoms with Gasteiger partial charge in [0, 0.05) is 6.42 Å². The minimum absolute atomic E-state index is 0.243. The van der Waals surface area contributed by atoms with Crippen molar-refractivity contribution in [3.8, 4) is 17.2 Å². The lowest BCUT2D eigenvalue weighted by Gasteiger charge is -2.12. The van der Waals surface area contributed by atoms with Crippen molar-refractivity contribution in [2.24, 2.45) is 4.99 Å². The molecule has 0 aliphatic carbocycles. The van der Waals surface area contributed by atoms with E-state index in [1.54, 1.807) is 18.2 Å². The Labute approximate surface area is 158 Å². The van der Waals surface area contributed by atoms with Crippen LogP contribution in [-0.4, -0.2) is 33.2 Å². The van der Waals surface area contributed by atoms with Crippen molar-refractivity contribution in [1.82, 2.24) is 0 Å². The number of hydrogen-bond donors (Lipinski definition) is 0. The molecule has 2 aromatic carbocycles. The van der Waals surface area contributed by atoms with Crippen molar-refractivity contribution in [3.63, 3.8) is 0 Å². The molecule has 0 bridgehead atoms. The molecule has 1 aliphatic heterocycles. The van der Waals surface area contributed by atoms with Gasteiger partial charge >= 0.3 is 5.97 Å². The Balaban J connectivity index is 1.81. The summed E-state index contributed by atoms with van der Waals surface area (Å²) in [6, 6.07) is 13.5. The molecule has 1 aliphatic rings. The first-order valence-electron chi connectivity index (χ1n) is 8.50. The fraction of sp³-hybridized carbons (Fsp3) is 0.238. The molecule has 0 radical (unpaired) electrons. The summed E-state index contributed by atoms with van der Waals surface area (Å²) in [6.07, 6.45) is 2.95. The molecule has 6 heteroatoms. The van der Waals surface area contributed by atoms with E-state index >= 15 is 0 Å². The van der Waals surface area contributed by atoms with Gasteiger partial charge < -0.3 is 18.9 Å². The van der Waals surface area contributed by atoms with Crippen molar-refractivity contribution in [2.45, 2.75) is 12.8 Å². The van der Waals surface area contributed by atoms with Gasteiger partial charge in [-0.1, -0.05) is 30.3 Å². The highest BCUT2D eigenvalue weighted by Crippen LogP contribution is 2.39. The smallest absolute Gasteiger partial charge is 0.363 e. The minimum Gasteiger partial charge on any atom is -0.493 e. The molecule has 0 spiro atoms. The van der Waals surface area contributed by atoms with Gasteiger partial charge in [-0.2, -0.15) is 0 Å². The van der Waals surface area contributed by atoms with E-state index in [0.717, 1.165) is 6.42 Å². The van der Waals surface area contributed by atoms with Crippen molar-refractivity contribution < 1.29 is 23.7 Å². The maximum absolute atomic E-state index is 12.1. The molecule has 0 N–H and O–H groups in total. The van der Waals surface area contributed by atoms with Crippen LogP contribution in [0.25, 0.3) is 6.08 Å². The summed E-state index contributed by atoms with van der Waals surface area (Å²) < 4.78 is 21.3. The molecule has 1 heterocycles. The summed E-state index contributed by atoms with van der Waals surface area (Å²) in [7, 11) is 4.62. The number of carbonyl (C=O) groups is 1. The van der Waals surface area contributed by atoms with Gasteiger partial charge in [0.2, 0.25) is 5.75 Å². The van der Waals surface area contributed by atoms with Gasteiger partial charge in [0.15, 0.2) is 23.1 Å². The molecule has 0 unspecified atom stereocenters. The van der Waals surface area contributed by atoms with Crippen LogP contribution in [0.15, 0.2) is 53.2 Å². The predicted molar refractivity (Wildman–Crippen MR) is 102 cm³/mol. The highest BCUT2D eigenvalue weighted by Gasteiger charge is 2.23. The minimum atomic E-state index is -0.466. The summed E-state index contributed by atoms with van der Waals surface area (Å²) in [5.74, 6) is 1.45. The summed E-state index contributed by atoms with van der Waals surface area (Å²) in [4.78, 5) is 16.5. The molecule has 3 rings (SSSR count). The van der Waals surface area contributed by atoms with E-state index in [0.29, 0.717) is 35.1 Å². The molecule has 140 valence electrons. The van der Waals surface area contributed by atoms with Crippen molar-refractivity contribution in [1.29, 1.82) is 0 Å². The van der Waals surface area contributed by atoms with Gasteiger partial charge in [-0.15, -0.1) is 0 Å². The van der Waals surface area contributed by atoms with Gasteiger partial charge in [-0.3, -0.25) is 0 Å². The van der Waals surface area contributed by atoms with Crippen LogP contribution in [0, 0.1) is 0 Å². The zero-order chi connectivity index (χ0) is 19.2.